The number of aromatic nitrogens is 3. The van der Waals surface area contributed by atoms with E-state index in [1.165, 1.54) is 6.42 Å². The Balaban J connectivity index is 1.37. The molecule has 1 heterocycles. The van der Waals surface area contributed by atoms with Gasteiger partial charge in [-0.15, -0.1) is 0 Å². The fourth-order valence-electron chi connectivity index (χ4n) is 6.79. The van der Waals surface area contributed by atoms with Gasteiger partial charge in [0.25, 0.3) is 0 Å². The van der Waals surface area contributed by atoms with Crippen molar-refractivity contribution < 1.29 is 4.79 Å². The highest BCUT2D eigenvalue weighted by molar-refractivity contribution is 6.04. The van der Waals surface area contributed by atoms with Gasteiger partial charge in [0.15, 0.2) is 0 Å². The molecule has 0 radical (unpaired) electrons. The minimum atomic E-state index is -0.285. The molecule has 1 aromatic heterocycles. The second kappa shape index (κ2) is 5.66. The van der Waals surface area contributed by atoms with Crippen molar-refractivity contribution in [3.63, 3.8) is 0 Å². The lowest BCUT2D eigenvalue weighted by atomic mass is 9.46. The fraction of sp³-hybridized carbons (Fsp3) is 0.435. The van der Waals surface area contributed by atoms with Crippen LogP contribution in [0.3, 0.4) is 0 Å². The van der Waals surface area contributed by atoms with Crippen LogP contribution in [0.15, 0.2) is 55.1 Å². The topological polar surface area (TPSA) is 59.8 Å². The van der Waals surface area contributed by atoms with E-state index in [0.717, 1.165) is 48.6 Å². The Bertz CT molecular complexity index is 1040. The van der Waals surface area contributed by atoms with Gasteiger partial charge in [0.05, 0.1) is 11.0 Å². The second-order valence-electron chi connectivity index (χ2n) is 9.29. The van der Waals surface area contributed by atoms with Crippen LogP contribution in [-0.4, -0.2) is 20.7 Å². The lowest BCUT2D eigenvalue weighted by molar-refractivity contribution is -0.150. The van der Waals surface area contributed by atoms with E-state index >= 15 is 0 Å². The number of hydrogen-bond acceptors (Lipinski definition) is 3. The van der Waals surface area contributed by atoms with Gasteiger partial charge in [0, 0.05) is 11.1 Å². The molecule has 4 aliphatic rings. The van der Waals surface area contributed by atoms with E-state index in [9.17, 15) is 4.79 Å². The molecule has 1 N–H and O–H groups in total. The Morgan fingerprint density at radius 1 is 1.04 bits per heavy atom. The molecular weight excluding hydrogens is 348 g/mol. The van der Waals surface area contributed by atoms with Crippen LogP contribution in [0.25, 0.3) is 10.8 Å². The van der Waals surface area contributed by atoms with Crippen LogP contribution in [0, 0.1) is 17.3 Å². The van der Waals surface area contributed by atoms with E-state index in [2.05, 4.69) is 38.3 Å². The predicted molar refractivity (Wildman–Crippen MR) is 108 cm³/mol. The molecule has 142 valence electrons. The molecule has 3 aromatic rings. The summed E-state index contributed by atoms with van der Waals surface area (Å²) in [5.41, 5.74) is 0.609. The van der Waals surface area contributed by atoms with Crippen molar-refractivity contribution in [3.8, 4) is 0 Å². The van der Waals surface area contributed by atoms with Gasteiger partial charge in [0.1, 0.15) is 12.7 Å². The van der Waals surface area contributed by atoms with Gasteiger partial charge in [-0.3, -0.25) is 4.79 Å². The van der Waals surface area contributed by atoms with Gasteiger partial charge >= 0.3 is 0 Å². The Morgan fingerprint density at radius 3 is 2.61 bits per heavy atom. The smallest absolute Gasteiger partial charge is 0.230 e. The molecule has 0 aliphatic heterocycles. The Kier molecular flexibility index (Phi) is 3.29. The number of rotatable bonds is 3. The van der Waals surface area contributed by atoms with Crippen LogP contribution in [0.4, 0.5) is 5.69 Å². The molecule has 2 aromatic carbocycles. The third-order valence-electron chi connectivity index (χ3n) is 7.45. The number of amides is 1. The summed E-state index contributed by atoms with van der Waals surface area (Å²) in [7, 11) is 0. The average molecular weight is 372 g/mol. The number of carbonyl (C=O) groups excluding carboxylic acids is 1. The SMILES string of the molecule is O=C(Nc1cccc2ccccc12)C12C[C@H]3C[C@@H](C1)CC(n1cncn1)(C3)C2. The summed E-state index contributed by atoms with van der Waals surface area (Å²) in [5, 5.41) is 10.1. The van der Waals surface area contributed by atoms with Crippen molar-refractivity contribution in [1.82, 2.24) is 14.8 Å². The number of hydrogen-bond donors (Lipinski definition) is 1. The number of nitrogens with one attached hydrogen (secondary N) is 1. The predicted octanol–water partition coefficient (Wildman–Crippen LogP) is 4.37. The molecule has 4 bridgehead atoms. The van der Waals surface area contributed by atoms with E-state index in [1.54, 1.807) is 6.33 Å². The molecule has 4 aliphatic carbocycles. The fourth-order valence-corrected chi connectivity index (χ4v) is 6.79. The van der Waals surface area contributed by atoms with Crippen molar-refractivity contribution >= 4 is 22.4 Å². The van der Waals surface area contributed by atoms with Gasteiger partial charge in [-0.1, -0.05) is 36.4 Å². The van der Waals surface area contributed by atoms with Crippen LogP contribution in [0.2, 0.25) is 0 Å². The van der Waals surface area contributed by atoms with E-state index in [-0.39, 0.29) is 16.9 Å². The number of benzene rings is 2. The van der Waals surface area contributed by atoms with Crippen LogP contribution >= 0.6 is 0 Å². The van der Waals surface area contributed by atoms with E-state index in [1.807, 2.05) is 30.6 Å². The maximum atomic E-state index is 13.7. The Morgan fingerprint density at radius 2 is 1.82 bits per heavy atom. The Labute approximate surface area is 164 Å². The first-order valence-corrected chi connectivity index (χ1v) is 10.3. The van der Waals surface area contributed by atoms with E-state index in [4.69, 9.17) is 0 Å². The zero-order valence-corrected chi connectivity index (χ0v) is 15.8. The summed E-state index contributed by atoms with van der Waals surface area (Å²) in [4.78, 5) is 17.9. The first kappa shape index (κ1) is 16.3. The van der Waals surface area contributed by atoms with Gasteiger partial charge < -0.3 is 5.32 Å². The van der Waals surface area contributed by atoms with Crippen molar-refractivity contribution in [2.24, 2.45) is 17.3 Å². The third-order valence-corrected chi connectivity index (χ3v) is 7.45. The molecule has 0 spiro atoms. The summed E-state index contributed by atoms with van der Waals surface area (Å²) >= 11 is 0. The number of fused-ring (bicyclic) bond motifs is 1. The highest BCUT2D eigenvalue weighted by atomic mass is 16.2. The average Bonchev–Trinajstić information content (AvgIpc) is 3.23. The maximum Gasteiger partial charge on any atom is 0.230 e. The molecule has 4 saturated carbocycles. The molecule has 4 atom stereocenters. The summed E-state index contributed by atoms with van der Waals surface area (Å²) in [5.74, 6) is 1.43. The molecule has 0 saturated heterocycles. The first-order valence-electron chi connectivity index (χ1n) is 10.3. The molecule has 1 amide bonds. The lowest BCUT2D eigenvalue weighted by Crippen LogP contribution is -2.60. The number of carbonyl (C=O) groups is 1. The molecule has 7 rings (SSSR count). The van der Waals surface area contributed by atoms with Crippen LogP contribution in [0.5, 0.6) is 0 Å². The van der Waals surface area contributed by atoms with Crippen molar-refractivity contribution in [3.05, 3.63) is 55.1 Å². The first-order chi connectivity index (χ1) is 13.7. The zero-order chi connectivity index (χ0) is 18.8. The summed E-state index contributed by atoms with van der Waals surface area (Å²) < 4.78 is 2.06. The van der Waals surface area contributed by atoms with Crippen LogP contribution in [-0.2, 0) is 10.3 Å². The van der Waals surface area contributed by atoms with Crippen molar-refractivity contribution in [2.75, 3.05) is 5.32 Å². The zero-order valence-electron chi connectivity index (χ0n) is 15.8. The van der Waals surface area contributed by atoms with Crippen LogP contribution in [0.1, 0.15) is 38.5 Å². The quantitative estimate of drug-likeness (QED) is 0.743. The van der Waals surface area contributed by atoms with Gasteiger partial charge in [-0.25, -0.2) is 9.67 Å². The summed E-state index contributed by atoms with van der Waals surface area (Å²) in [6, 6.07) is 14.4. The van der Waals surface area contributed by atoms with Gasteiger partial charge in [-0.2, -0.15) is 5.10 Å². The maximum absolute atomic E-state index is 13.7. The molecule has 5 heteroatoms. The largest absolute Gasteiger partial charge is 0.325 e. The summed E-state index contributed by atoms with van der Waals surface area (Å²) in [6.45, 7) is 0. The number of anilines is 1. The van der Waals surface area contributed by atoms with Gasteiger partial charge in [-0.05, 0) is 61.8 Å². The second-order valence-corrected chi connectivity index (χ2v) is 9.29. The standard InChI is InChI=1S/C23H24N4O/c28-21(26-20-7-3-5-18-4-1-2-6-19(18)20)22-9-16-8-17(10-22)12-23(11-16,13-22)27-15-24-14-25-27/h1-7,14-17H,8-13H2,(H,26,28)/t16-,17+,22?,23?. The molecular formula is C23H24N4O. The molecule has 2 unspecified atom stereocenters. The normalized spacial score (nSPS) is 33.3. The van der Waals surface area contributed by atoms with Gasteiger partial charge in [0.2, 0.25) is 5.91 Å². The molecule has 4 fully saturated rings. The monoisotopic (exact) mass is 372 g/mol. The van der Waals surface area contributed by atoms with Crippen molar-refractivity contribution in [1.29, 1.82) is 0 Å². The third kappa shape index (κ3) is 2.28. The minimum absolute atomic E-state index is 0.0311. The summed E-state index contributed by atoms with van der Waals surface area (Å²) in [6.07, 6.45) is 9.91. The highest BCUT2D eigenvalue weighted by Crippen LogP contribution is 2.64. The molecule has 28 heavy (non-hydrogen) atoms. The minimum Gasteiger partial charge on any atom is -0.325 e. The Hall–Kier alpha value is -2.69. The van der Waals surface area contributed by atoms with E-state index < -0.39 is 0 Å². The van der Waals surface area contributed by atoms with Crippen molar-refractivity contribution in [2.45, 2.75) is 44.1 Å². The van der Waals surface area contributed by atoms with E-state index in [0.29, 0.717) is 11.8 Å². The molecule has 5 nitrogen and oxygen atoms in total. The van der Waals surface area contributed by atoms with Crippen LogP contribution < -0.4 is 5.32 Å². The lowest BCUT2D eigenvalue weighted by Gasteiger charge is -2.60. The highest BCUT2D eigenvalue weighted by Gasteiger charge is 2.61. The number of nitrogens with zero attached hydrogens (tertiary/aromatic N) is 3.